The van der Waals surface area contributed by atoms with Crippen LogP contribution in [0.5, 0.6) is 0 Å². The molecule has 4 fully saturated rings. The normalized spacial score (nSPS) is 39.8. The molecule has 2 unspecified atom stereocenters. The molecule has 0 saturated heterocycles. The van der Waals surface area contributed by atoms with Crippen LogP contribution in [-0.4, -0.2) is 11.3 Å². The molecule has 0 radical (unpaired) electrons. The highest BCUT2D eigenvalue weighted by atomic mass is 16.1. The molecule has 0 aromatic heterocycles. The Morgan fingerprint density at radius 1 is 1.12 bits per heavy atom. The lowest BCUT2D eigenvalue weighted by Gasteiger charge is -2.36. The molecule has 1 N–H and O–H groups in total. The van der Waals surface area contributed by atoms with Crippen molar-refractivity contribution in [2.45, 2.75) is 57.9 Å². The van der Waals surface area contributed by atoms with Crippen LogP contribution in [0.15, 0.2) is 30.3 Å². The van der Waals surface area contributed by atoms with Crippen LogP contribution in [0.1, 0.15) is 57.1 Å². The third kappa shape index (κ3) is 2.04. The van der Waals surface area contributed by atoms with Crippen LogP contribution in [0, 0.1) is 23.2 Å². The summed E-state index contributed by atoms with van der Waals surface area (Å²) in [6.45, 7) is 4.45. The molecule has 126 valence electrons. The van der Waals surface area contributed by atoms with Gasteiger partial charge in [-0.25, -0.2) is 0 Å². The smallest absolute Gasteiger partial charge is 0.164 e. The van der Waals surface area contributed by atoms with Crippen molar-refractivity contribution in [1.82, 2.24) is 5.32 Å². The molecule has 1 aromatic rings. The van der Waals surface area contributed by atoms with E-state index in [1.807, 2.05) is 6.08 Å². The van der Waals surface area contributed by atoms with Crippen molar-refractivity contribution in [3.63, 3.8) is 0 Å². The molecule has 1 heterocycles. The maximum Gasteiger partial charge on any atom is 0.164 e. The molecular formula is C22H27NO. The van der Waals surface area contributed by atoms with Crippen molar-refractivity contribution in [3.8, 4) is 0 Å². The van der Waals surface area contributed by atoms with E-state index in [1.54, 1.807) is 0 Å². The lowest BCUT2D eigenvalue weighted by molar-refractivity contribution is -0.125. The second-order valence-electron chi connectivity index (χ2n) is 9.47. The Kier molecular flexibility index (Phi) is 2.91. The van der Waals surface area contributed by atoms with Crippen LogP contribution in [-0.2, 0) is 11.2 Å². The summed E-state index contributed by atoms with van der Waals surface area (Å²) in [4.78, 5) is 13.4. The summed E-state index contributed by atoms with van der Waals surface area (Å²) < 4.78 is 0. The first kappa shape index (κ1) is 14.7. The molecule has 2 atom stereocenters. The van der Waals surface area contributed by atoms with E-state index in [0.29, 0.717) is 11.7 Å². The van der Waals surface area contributed by atoms with Crippen LogP contribution in [0.2, 0.25) is 0 Å². The summed E-state index contributed by atoms with van der Waals surface area (Å²) >= 11 is 0. The van der Waals surface area contributed by atoms with Crippen LogP contribution in [0.3, 0.4) is 0 Å². The maximum atomic E-state index is 13.4. The first-order valence-electron chi connectivity index (χ1n) is 9.58. The largest absolute Gasteiger partial charge is 0.379 e. The molecule has 4 aliphatic carbocycles. The van der Waals surface area contributed by atoms with E-state index in [-0.39, 0.29) is 11.0 Å². The molecule has 1 aliphatic heterocycles. The minimum atomic E-state index is -0.0151. The Hall–Kier alpha value is -1.57. The highest BCUT2D eigenvalue weighted by Gasteiger charge is 2.60. The van der Waals surface area contributed by atoms with E-state index in [9.17, 15) is 4.79 Å². The first-order valence-corrected chi connectivity index (χ1v) is 9.58. The fourth-order valence-corrected chi connectivity index (χ4v) is 6.48. The molecule has 0 amide bonds. The van der Waals surface area contributed by atoms with E-state index in [1.165, 1.54) is 30.4 Å². The molecule has 24 heavy (non-hydrogen) atoms. The average molecular weight is 321 g/mol. The standard InChI is InChI=1S/C22H27NO/c1-21(2)13-16-5-3-4-6-18(16)19(23-21)10-20(24)22-11-14-7-15(12-22)9-17(22)8-14/h3-6,10,14-15,17,23H,7-9,11-13H2,1-2H3/b19-10-. The molecule has 4 saturated carbocycles. The Morgan fingerprint density at radius 2 is 1.83 bits per heavy atom. The Balaban J connectivity index is 1.53. The molecule has 2 heteroatoms. The monoisotopic (exact) mass is 321 g/mol. The molecule has 5 aliphatic rings. The molecular weight excluding hydrogens is 294 g/mol. The number of nitrogens with one attached hydrogen (secondary N) is 1. The minimum absolute atomic E-state index is 0.00499. The third-order valence-electron chi connectivity index (χ3n) is 7.17. The summed E-state index contributed by atoms with van der Waals surface area (Å²) in [7, 11) is 0. The average Bonchev–Trinajstić information content (AvgIpc) is 2.92. The summed E-state index contributed by atoms with van der Waals surface area (Å²) in [6, 6.07) is 8.55. The number of rotatable bonds is 2. The number of ketones is 1. The summed E-state index contributed by atoms with van der Waals surface area (Å²) in [5.41, 5.74) is 3.62. The summed E-state index contributed by atoms with van der Waals surface area (Å²) in [6.07, 6.45) is 9.29. The van der Waals surface area contributed by atoms with E-state index < -0.39 is 0 Å². The quantitative estimate of drug-likeness (QED) is 0.821. The Labute approximate surface area is 144 Å². The van der Waals surface area contributed by atoms with Crippen molar-refractivity contribution in [1.29, 1.82) is 0 Å². The van der Waals surface area contributed by atoms with Gasteiger partial charge in [0.1, 0.15) is 0 Å². The summed E-state index contributed by atoms with van der Waals surface area (Å²) in [5, 5.41) is 3.64. The zero-order chi connectivity index (χ0) is 16.5. The third-order valence-corrected chi connectivity index (χ3v) is 7.17. The van der Waals surface area contributed by atoms with Crippen molar-refractivity contribution < 1.29 is 4.79 Å². The SMILES string of the molecule is CC1(C)Cc2ccccc2/C(=C/C(=O)C23CC4CC(CC2C4)C3)N1. The fourth-order valence-electron chi connectivity index (χ4n) is 6.48. The minimum Gasteiger partial charge on any atom is -0.379 e. The number of hydrogen-bond donors (Lipinski definition) is 1. The number of carbonyl (C=O) groups excluding carboxylic acids is 1. The maximum absolute atomic E-state index is 13.4. The van der Waals surface area contributed by atoms with E-state index in [4.69, 9.17) is 0 Å². The number of hydrogen-bond acceptors (Lipinski definition) is 2. The lowest BCUT2D eigenvalue weighted by atomic mass is 9.72. The Morgan fingerprint density at radius 3 is 2.58 bits per heavy atom. The highest BCUT2D eigenvalue weighted by molar-refractivity contribution is 6.01. The van der Waals surface area contributed by atoms with Crippen molar-refractivity contribution in [3.05, 3.63) is 41.5 Å². The van der Waals surface area contributed by atoms with Crippen molar-refractivity contribution in [2.24, 2.45) is 23.2 Å². The predicted octanol–water partition coefficient (Wildman–Crippen LogP) is 4.35. The van der Waals surface area contributed by atoms with Gasteiger partial charge in [-0.15, -0.1) is 0 Å². The van der Waals surface area contributed by atoms with Gasteiger partial charge in [0.25, 0.3) is 0 Å². The van der Waals surface area contributed by atoms with Crippen molar-refractivity contribution in [2.75, 3.05) is 0 Å². The molecule has 0 spiro atoms. The van der Waals surface area contributed by atoms with Gasteiger partial charge in [-0.3, -0.25) is 4.79 Å². The predicted molar refractivity (Wildman–Crippen MR) is 96.3 cm³/mol. The zero-order valence-corrected chi connectivity index (χ0v) is 14.8. The fraction of sp³-hybridized carbons (Fsp3) is 0.591. The zero-order valence-electron chi connectivity index (χ0n) is 14.8. The molecule has 1 aromatic carbocycles. The van der Waals surface area contributed by atoms with Gasteiger partial charge in [-0.05, 0) is 75.7 Å². The van der Waals surface area contributed by atoms with E-state index in [0.717, 1.165) is 36.8 Å². The van der Waals surface area contributed by atoms with Gasteiger partial charge in [0.2, 0.25) is 0 Å². The van der Waals surface area contributed by atoms with Gasteiger partial charge in [0.15, 0.2) is 5.78 Å². The van der Waals surface area contributed by atoms with Gasteiger partial charge in [0, 0.05) is 28.3 Å². The number of carbonyl (C=O) groups is 1. The lowest BCUT2D eigenvalue weighted by Crippen LogP contribution is -2.44. The van der Waals surface area contributed by atoms with Gasteiger partial charge in [-0.2, -0.15) is 0 Å². The van der Waals surface area contributed by atoms with Gasteiger partial charge >= 0.3 is 0 Å². The van der Waals surface area contributed by atoms with Gasteiger partial charge < -0.3 is 5.32 Å². The van der Waals surface area contributed by atoms with Crippen LogP contribution in [0.25, 0.3) is 5.70 Å². The number of fused-ring (bicyclic) bond motifs is 1. The first-order chi connectivity index (χ1) is 11.5. The van der Waals surface area contributed by atoms with Crippen LogP contribution >= 0.6 is 0 Å². The molecule has 2 nitrogen and oxygen atoms in total. The number of benzene rings is 1. The van der Waals surface area contributed by atoms with E-state index >= 15 is 0 Å². The highest BCUT2D eigenvalue weighted by Crippen LogP contribution is 2.65. The second-order valence-corrected chi connectivity index (χ2v) is 9.47. The van der Waals surface area contributed by atoms with Gasteiger partial charge in [-0.1, -0.05) is 24.3 Å². The Bertz CT molecular complexity index is 730. The summed E-state index contributed by atoms with van der Waals surface area (Å²) in [5.74, 6) is 2.73. The topological polar surface area (TPSA) is 29.1 Å². The second kappa shape index (κ2) is 4.74. The number of allylic oxidation sites excluding steroid dienone is 1. The van der Waals surface area contributed by atoms with Crippen LogP contribution < -0.4 is 5.32 Å². The molecule has 4 bridgehead atoms. The van der Waals surface area contributed by atoms with E-state index in [2.05, 4.69) is 43.4 Å². The molecule has 6 rings (SSSR count). The van der Waals surface area contributed by atoms with Crippen LogP contribution in [0.4, 0.5) is 0 Å². The van der Waals surface area contributed by atoms with Crippen molar-refractivity contribution >= 4 is 11.5 Å². The van der Waals surface area contributed by atoms with Gasteiger partial charge in [0.05, 0.1) is 0 Å².